The van der Waals surface area contributed by atoms with Crippen molar-refractivity contribution >= 4 is 11.6 Å². The third kappa shape index (κ3) is 3.64. The molecule has 1 saturated heterocycles. The van der Waals surface area contributed by atoms with Crippen LogP contribution in [0.2, 0.25) is 0 Å². The first-order valence-corrected chi connectivity index (χ1v) is 7.79. The number of nitrogens with zero attached hydrogens (tertiary/aromatic N) is 2. The third-order valence-corrected chi connectivity index (χ3v) is 4.06. The van der Waals surface area contributed by atoms with Crippen LogP contribution in [-0.2, 0) is 0 Å². The molecule has 6 heteroatoms. The highest BCUT2D eigenvalue weighted by Crippen LogP contribution is 2.21. The second-order valence-electron chi connectivity index (χ2n) is 5.78. The molecule has 6 nitrogen and oxygen atoms in total. The standard InChI is InChI=1S/C17H21N3O3/c1-12-10-16(23-19-12)17(21)20-8-6-13(7-9-20)18-14-4-3-5-15(11-14)22-2/h3-5,10-11,13,18H,6-9H2,1-2H3. The third-order valence-electron chi connectivity index (χ3n) is 4.06. The molecule has 0 spiro atoms. The van der Waals surface area contributed by atoms with Gasteiger partial charge in [-0.2, -0.15) is 0 Å². The molecule has 23 heavy (non-hydrogen) atoms. The van der Waals surface area contributed by atoms with Crippen molar-refractivity contribution in [2.75, 3.05) is 25.5 Å². The van der Waals surface area contributed by atoms with Crippen molar-refractivity contribution in [3.63, 3.8) is 0 Å². The number of ether oxygens (including phenoxy) is 1. The van der Waals surface area contributed by atoms with Crippen LogP contribution in [0.3, 0.4) is 0 Å². The summed E-state index contributed by atoms with van der Waals surface area (Å²) in [5.41, 5.74) is 1.77. The SMILES string of the molecule is COc1cccc(NC2CCN(C(=O)c3cc(C)no3)CC2)c1. The number of rotatable bonds is 4. The second-order valence-corrected chi connectivity index (χ2v) is 5.78. The number of carbonyl (C=O) groups excluding carboxylic acids is 1. The van der Waals surface area contributed by atoms with Gasteiger partial charge in [-0.05, 0) is 31.9 Å². The van der Waals surface area contributed by atoms with Gasteiger partial charge in [-0.15, -0.1) is 0 Å². The molecule has 2 heterocycles. The number of carbonyl (C=O) groups is 1. The van der Waals surface area contributed by atoms with Crippen molar-refractivity contribution in [2.45, 2.75) is 25.8 Å². The summed E-state index contributed by atoms with van der Waals surface area (Å²) in [6, 6.07) is 9.93. The molecule has 1 aliphatic rings. The summed E-state index contributed by atoms with van der Waals surface area (Å²) in [7, 11) is 1.66. The molecular weight excluding hydrogens is 294 g/mol. The average molecular weight is 315 g/mol. The van der Waals surface area contributed by atoms with Crippen LogP contribution in [0.5, 0.6) is 5.75 Å². The van der Waals surface area contributed by atoms with E-state index in [1.54, 1.807) is 13.2 Å². The topological polar surface area (TPSA) is 67.6 Å². The van der Waals surface area contributed by atoms with Gasteiger partial charge >= 0.3 is 0 Å². The van der Waals surface area contributed by atoms with Gasteiger partial charge in [-0.3, -0.25) is 4.79 Å². The van der Waals surface area contributed by atoms with Crippen LogP contribution in [0.15, 0.2) is 34.9 Å². The molecule has 0 aliphatic carbocycles. The largest absolute Gasteiger partial charge is 0.497 e. The van der Waals surface area contributed by atoms with E-state index in [2.05, 4.69) is 10.5 Å². The molecule has 1 aromatic carbocycles. The number of aromatic nitrogens is 1. The molecule has 0 atom stereocenters. The monoisotopic (exact) mass is 315 g/mol. The maximum absolute atomic E-state index is 12.3. The van der Waals surface area contributed by atoms with Crippen molar-refractivity contribution in [3.8, 4) is 5.75 Å². The first kappa shape index (κ1) is 15.4. The van der Waals surface area contributed by atoms with E-state index in [0.717, 1.165) is 30.0 Å². The zero-order chi connectivity index (χ0) is 16.2. The quantitative estimate of drug-likeness (QED) is 0.939. The van der Waals surface area contributed by atoms with E-state index in [1.807, 2.05) is 36.1 Å². The van der Waals surface area contributed by atoms with Gasteiger partial charge in [0, 0.05) is 37.0 Å². The average Bonchev–Trinajstić information content (AvgIpc) is 3.01. The summed E-state index contributed by atoms with van der Waals surface area (Å²) >= 11 is 0. The van der Waals surface area contributed by atoms with Crippen LogP contribution in [-0.4, -0.2) is 42.2 Å². The molecule has 1 aromatic heterocycles. The van der Waals surface area contributed by atoms with E-state index in [4.69, 9.17) is 9.26 Å². The van der Waals surface area contributed by atoms with E-state index in [0.29, 0.717) is 24.9 Å². The first-order valence-electron chi connectivity index (χ1n) is 7.79. The lowest BCUT2D eigenvalue weighted by molar-refractivity contribution is 0.0676. The normalized spacial score (nSPS) is 15.5. The van der Waals surface area contributed by atoms with Gasteiger partial charge in [0.25, 0.3) is 5.91 Å². The molecule has 1 aliphatic heterocycles. The van der Waals surface area contributed by atoms with Crippen LogP contribution < -0.4 is 10.1 Å². The Labute approximate surface area is 135 Å². The number of methoxy groups -OCH3 is 1. The fraction of sp³-hybridized carbons (Fsp3) is 0.412. The van der Waals surface area contributed by atoms with Gasteiger partial charge in [-0.1, -0.05) is 11.2 Å². The molecule has 1 amide bonds. The summed E-state index contributed by atoms with van der Waals surface area (Å²) in [4.78, 5) is 14.1. The van der Waals surface area contributed by atoms with Crippen LogP contribution in [0.1, 0.15) is 29.1 Å². The van der Waals surface area contributed by atoms with E-state index in [9.17, 15) is 4.79 Å². The summed E-state index contributed by atoms with van der Waals surface area (Å²) in [6.07, 6.45) is 1.80. The minimum absolute atomic E-state index is 0.0783. The predicted molar refractivity (Wildman–Crippen MR) is 86.8 cm³/mol. The van der Waals surface area contributed by atoms with E-state index in [1.165, 1.54) is 0 Å². The Morgan fingerprint density at radius 3 is 2.78 bits per heavy atom. The number of anilines is 1. The van der Waals surface area contributed by atoms with Gasteiger partial charge in [0.1, 0.15) is 5.75 Å². The lowest BCUT2D eigenvalue weighted by Crippen LogP contribution is -2.42. The van der Waals surface area contributed by atoms with Crippen LogP contribution in [0.25, 0.3) is 0 Å². The smallest absolute Gasteiger partial charge is 0.292 e. The Morgan fingerprint density at radius 1 is 1.35 bits per heavy atom. The Morgan fingerprint density at radius 2 is 2.13 bits per heavy atom. The number of amides is 1. The van der Waals surface area contributed by atoms with Gasteiger partial charge in [0.15, 0.2) is 0 Å². The van der Waals surface area contributed by atoms with E-state index in [-0.39, 0.29) is 5.91 Å². The number of piperidine rings is 1. The Kier molecular flexibility index (Phi) is 4.50. The maximum atomic E-state index is 12.3. The summed E-state index contributed by atoms with van der Waals surface area (Å²) < 4.78 is 10.3. The molecule has 1 N–H and O–H groups in total. The summed E-state index contributed by atoms with van der Waals surface area (Å²) in [5, 5.41) is 7.28. The predicted octanol–water partition coefficient (Wildman–Crippen LogP) is 2.71. The molecule has 0 bridgehead atoms. The highest BCUT2D eigenvalue weighted by atomic mass is 16.5. The van der Waals surface area contributed by atoms with E-state index < -0.39 is 0 Å². The minimum atomic E-state index is -0.0783. The van der Waals surface area contributed by atoms with Gasteiger partial charge in [0.2, 0.25) is 5.76 Å². The number of hydrogen-bond donors (Lipinski definition) is 1. The van der Waals surface area contributed by atoms with Crippen molar-refractivity contribution in [2.24, 2.45) is 0 Å². The fourth-order valence-electron chi connectivity index (χ4n) is 2.80. The second kappa shape index (κ2) is 6.73. The number of hydrogen-bond acceptors (Lipinski definition) is 5. The van der Waals surface area contributed by atoms with Crippen molar-refractivity contribution in [3.05, 3.63) is 41.8 Å². The minimum Gasteiger partial charge on any atom is -0.497 e. The van der Waals surface area contributed by atoms with Crippen molar-refractivity contribution < 1.29 is 14.1 Å². The molecule has 3 rings (SSSR count). The lowest BCUT2D eigenvalue weighted by atomic mass is 10.0. The van der Waals surface area contributed by atoms with Gasteiger partial charge in [0.05, 0.1) is 12.8 Å². The number of likely N-dealkylation sites (tertiary alicyclic amines) is 1. The van der Waals surface area contributed by atoms with Crippen LogP contribution in [0.4, 0.5) is 5.69 Å². The van der Waals surface area contributed by atoms with Crippen molar-refractivity contribution in [1.82, 2.24) is 10.1 Å². The molecule has 0 saturated carbocycles. The Hall–Kier alpha value is -2.50. The lowest BCUT2D eigenvalue weighted by Gasteiger charge is -2.32. The van der Waals surface area contributed by atoms with Gasteiger partial charge < -0.3 is 19.5 Å². The van der Waals surface area contributed by atoms with Crippen LogP contribution >= 0.6 is 0 Å². The molecule has 0 radical (unpaired) electrons. The zero-order valence-corrected chi connectivity index (χ0v) is 13.4. The molecule has 2 aromatic rings. The number of nitrogens with one attached hydrogen (secondary N) is 1. The van der Waals surface area contributed by atoms with E-state index >= 15 is 0 Å². The summed E-state index contributed by atoms with van der Waals surface area (Å²) in [5.74, 6) is 1.08. The highest BCUT2D eigenvalue weighted by Gasteiger charge is 2.25. The zero-order valence-electron chi connectivity index (χ0n) is 13.4. The molecule has 0 unspecified atom stereocenters. The maximum Gasteiger partial charge on any atom is 0.292 e. The molecule has 122 valence electrons. The fourth-order valence-corrected chi connectivity index (χ4v) is 2.80. The van der Waals surface area contributed by atoms with Gasteiger partial charge in [-0.25, -0.2) is 0 Å². The Balaban J connectivity index is 1.55. The van der Waals surface area contributed by atoms with Crippen LogP contribution in [0, 0.1) is 6.92 Å². The molecule has 1 fully saturated rings. The highest BCUT2D eigenvalue weighted by molar-refractivity contribution is 5.91. The Bertz CT molecular complexity index is 675. The molecular formula is C17H21N3O3. The first-order chi connectivity index (χ1) is 11.2. The number of aryl methyl sites for hydroxylation is 1. The number of benzene rings is 1. The van der Waals surface area contributed by atoms with Crippen molar-refractivity contribution in [1.29, 1.82) is 0 Å². The summed E-state index contributed by atoms with van der Waals surface area (Å²) in [6.45, 7) is 3.23.